The first-order chi connectivity index (χ1) is 9.33. The van der Waals surface area contributed by atoms with Crippen molar-refractivity contribution in [1.82, 2.24) is 10.6 Å². The highest BCUT2D eigenvalue weighted by molar-refractivity contribution is 5.81. The van der Waals surface area contributed by atoms with Crippen LogP contribution in [0.2, 0.25) is 0 Å². The lowest BCUT2D eigenvalue weighted by Gasteiger charge is -2.26. The van der Waals surface area contributed by atoms with E-state index in [1.165, 1.54) is 6.42 Å². The molecule has 0 aliphatic carbocycles. The predicted octanol–water partition coefficient (Wildman–Crippen LogP) is 0.695. The molecule has 1 amide bonds. The number of para-hydroxylation sites is 2. The molecule has 1 fully saturated rings. The lowest BCUT2D eigenvalue weighted by atomic mass is 10.2. The molecule has 19 heavy (non-hydrogen) atoms. The first-order valence-corrected chi connectivity index (χ1v) is 6.72. The maximum atomic E-state index is 12.0. The van der Waals surface area contributed by atoms with E-state index in [-0.39, 0.29) is 12.5 Å². The summed E-state index contributed by atoms with van der Waals surface area (Å²) in [6.45, 7) is 1.96. The van der Waals surface area contributed by atoms with E-state index in [4.69, 9.17) is 9.47 Å². The summed E-state index contributed by atoms with van der Waals surface area (Å²) < 4.78 is 11.2. The molecule has 2 aliphatic heterocycles. The molecule has 2 atom stereocenters. The topological polar surface area (TPSA) is 59.6 Å². The van der Waals surface area contributed by atoms with Crippen LogP contribution >= 0.6 is 0 Å². The molecule has 2 heterocycles. The zero-order valence-electron chi connectivity index (χ0n) is 10.7. The SMILES string of the molecule is O=C(NC[C@@H]1CCCN1)[C@H]1COc2ccccc2O1. The van der Waals surface area contributed by atoms with Gasteiger partial charge in [-0.3, -0.25) is 4.79 Å². The Morgan fingerprint density at radius 2 is 2.21 bits per heavy atom. The van der Waals surface area contributed by atoms with Crippen LogP contribution in [0.1, 0.15) is 12.8 Å². The van der Waals surface area contributed by atoms with Crippen molar-refractivity contribution in [3.8, 4) is 11.5 Å². The predicted molar refractivity (Wildman–Crippen MR) is 70.4 cm³/mol. The second-order valence-electron chi connectivity index (χ2n) is 4.90. The van der Waals surface area contributed by atoms with E-state index in [1.807, 2.05) is 24.3 Å². The van der Waals surface area contributed by atoms with Gasteiger partial charge in [-0.2, -0.15) is 0 Å². The van der Waals surface area contributed by atoms with Gasteiger partial charge in [0.25, 0.3) is 5.91 Å². The Hall–Kier alpha value is -1.75. The average Bonchev–Trinajstić information content (AvgIpc) is 2.97. The molecule has 5 nitrogen and oxygen atoms in total. The minimum atomic E-state index is -0.559. The summed E-state index contributed by atoms with van der Waals surface area (Å²) in [6.07, 6.45) is 1.73. The Morgan fingerprint density at radius 1 is 1.37 bits per heavy atom. The van der Waals surface area contributed by atoms with Gasteiger partial charge < -0.3 is 20.1 Å². The Balaban J connectivity index is 1.54. The Bertz CT molecular complexity index is 458. The van der Waals surface area contributed by atoms with Crippen LogP contribution in [-0.4, -0.2) is 37.7 Å². The molecular formula is C14H18N2O3. The van der Waals surface area contributed by atoms with Crippen molar-refractivity contribution < 1.29 is 14.3 Å². The number of rotatable bonds is 3. The van der Waals surface area contributed by atoms with Gasteiger partial charge in [-0.05, 0) is 31.5 Å². The van der Waals surface area contributed by atoms with Gasteiger partial charge in [0.15, 0.2) is 11.5 Å². The number of hydrogen-bond donors (Lipinski definition) is 2. The fourth-order valence-electron chi connectivity index (χ4n) is 2.42. The second kappa shape index (κ2) is 5.48. The van der Waals surface area contributed by atoms with Crippen molar-refractivity contribution in [2.24, 2.45) is 0 Å². The zero-order chi connectivity index (χ0) is 13.1. The van der Waals surface area contributed by atoms with Crippen molar-refractivity contribution in [2.45, 2.75) is 25.0 Å². The highest BCUT2D eigenvalue weighted by Crippen LogP contribution is 2.30. The number of nitrogens with one attached hydrogen (secondary N) is 2. The first-order valence-electron chi connectivity index (χ1n) is 6.72. The maximum absolute atomic E-state index is 12.0. The number of carbonyl (C=O) groups is 1. The van der Waals surface area contributed by atoms with Gasteiger partial charge in [-0.1, -0.05) is 12.1 Å². The van der Waals surface area contributed by atoms with Gasteiger partial charge in [0, 0.05) is 12.6 Å². The second-order valence-corrected chi connectivity index (χ2v) is 4.90. The fourth-order valence-corrected chi connectivity index (χ4v) is 2.42. The molecule has 0 spiro atoms. The summed E-state index contributed by atoms with van der Waals surface area (Å²) in [5.74, 6) is 1.22. The number of benzene rings is 1. The summed E-state index contributed by atoms with van der Waals surface area (Å²) in [5.41, 5.74) is 0. The molecule has 3 rings (SSSR count). The summed E-state index contributed by atoms with van der Waals surface area (Å²) >= 11 is 0. The van der Waals surface area contributed by atoms with Gasteiger partial charge in [-0.25, -0.2) is 0 Å². The number of hydrogen-bond acceptors (Lipinski definition) is 4. The Morgan fingerprint density at radius 3 is 3.00 bits per heavy atom. The van der Waals surface area contributed by atoms with E-state index in [2.05, 4.69) is 10.6 Å². The van der Waals surface area contributed by atoms with Crippen LogP contribution in [0.5, 0.6) is 11.5 Å². The van der Waals surface area contributed by atoms with Crippen LogP contribution in [0.15, 0.2) is 24.3 Å². The summed E-state index contributed by atoms with van der Waals surface area (Å²) in [7, 11) is 0. The molecule has 1 aromatic carbocycles. The molecule has 0 aromatic heterocycles. The van der Waals surface area contributed by atoms with Gasteiger partial charge >= 0.3 is 0 Å². The maximum Gasteiger partial charge on any atom is 0.264 e. The van der Waals surface area contributed by atoms with Crippen LogP contribution in [-0.2, 0) is 4.79 Å². The Labute approximate surface area is 112 Å². The van der Waals surface area contributed by atoms with E-state index < -0.39 is 6.10 Å². The molecule has 5 heteroatoms. The summed E-state index contributed by atoms with van der Waals surface area (Å²) in [6, 6.07) is 7.79. The number of fused-ring (bicyclic) bond motifs is 1. The minimum absolute atomic E-state index is 0.108. The molecule has 2 N–H and O–H groups in total. The minimum Gasteiger partial charge on any atom is -0.485 e. The molecule has 1 saturated heterocycles. The van der Waals surface area contributed by atoms with E-state index in [0.717, 1.165) is 13.0 Å². The number of amides is 1. The van der Waals surface area contributed by atoms with Gasteiger partial charge in [0.2, 0.25) is 6.10 Å². The van der Waals surface area contributed by atoms with Crippen LogP contribution in [0, 0.1) is 0 Å². The highest BCUT2D eigenvalue weighted by atomic mass is 16.6. The molecule has 1 aromatic rings. The molecule has 102 valence electrons. The van der Waals surface area contributed by atoms with Crippen molar-refractivity contribution in [1.29, 1.82) is 0 Å². The van der Waals surface area contributed by atoms with Crippen molar-refractivity contribution in [3.05, 3.63) is 24.3 Å². The van der Waals surface area contributed by atoms with Crippen LogP contribution in [0.3, 0.4) is 0 Å². The largest absolute Gasteiger partial charge is 0.485 e. The normalized spacial score (nSPS) is 25.1. The van der Waals surface area contributed by atoms with E-state index in [9.17, 15) is 4.79 Å². The molecule has 0 saturated carbocycles. The summed E-state index contributed by atoms with van der Waals surface area (Å²) in [5, 5.41) is 6.26. The lowest BCUT2D eigenvalue weighted by molar-refractivity contribution is -0.130. The molecule has 0 unspecified atom stereocenters. The van der Waals surface area contributed by atoms with Crippen LogP contribution in [0.25, 0.3) is 0 Å². The standard InChI is InChI=1S/C14H18N2O3/c17-14(16-8-10-4-3-7-15-10)13-9-18-11-5-1-2-6-12(11)19-13/h1-2,5-6,10,13,15H,3-4,7-9H2,(H,16,17)/t10-,13+/m0/s1. The Kier molecular flexibility index (Phi) is 3.55. The van der Waals surface area contributed by atoms with E-state index >= 15 is 0 Å². The third-order valence-electron chi connectivity index (χ3n) is 3.49. The van der Waals surface area contributed by atoms with Crippen LogP contribution < -0.4 is 20.1 Å². The third kappa shape index (κ3) is 2.81. The van der Waals surface area contributed by atoms with Gasteiger partial charge in [-0.15, -0.1) is 0 Å². The first kappa shape index (κ1) is 12.3. The van der Waals surface area contributed by atoms with E-state index in [1.54, 1.807) is 0 Å². The highest BCUT2D eigenvalue weighted by Gasteiger charge is 2.27. The van der Waals surface area contributed by atoms with Gasteiger partial charge in [0.1, 0.15) is 6.61 Å². The smallest absolute Gasteiger partial charge is 0.264 e. The quantitative estimate of drug-likeness (QED) is 0.841. The summed E-state index contributed by atoms with van der Waals surface area (Å²) in [4.78, 5) is 12.0. The van der Waals surface area contributed by atoms with Crippen molar-refractivity contribution in [3.63, 3.8) is 0 Å². The monoisotopic (exact) mass is 262 g/mol. The molecule has 0 bridgehead atoms. The van der Waals surface area contributed by atoms with Crippen molar-refractivity contribution >= 4 is 5.91 Å². The van der Waals surface area contributed by atoms with Crippen LogP contribution in [0.4, 0.5) is 0 Å². The van der Waals surface area contributed by atoms with Gasteiger partial charge in [0.05, 0.1) is 0 Å². The zero-order valence-corrected chi connectivity index (χ0v) is 10.7. The fraction of sp³-hybridized carbons (Fsp3) is 0.500. The molecule has 0 radical (unpaired) electrons. The van der Waals surface area contributed by atoms with E-state index in [0.29, 0.717) is 24.1 Å². The average molecular weight is 262 g/mol. The number of carbonyl (C=O) groups excluding carboxylic acids is 1. The third-order valence-corrected chi connectivity index (χ3v) is 3.49. The molecule has 2 aliphatic rings. The lowest BCUT2D eigenvalue weighted by Crippen LogP contribution is -2.47. The van der Waals surface area contributed by atoms with Crippen molar-refractivity contribution in [2.75, 3.05) is 19.7 Å². The number of ether oxygens (including phenoxy) is 2. The molecular weight excluding hydrogens is 244 g/mol.